The summed E-state index contributed by atoms with van der Waals surface area (Å²) >= 11 is 0. The Kier molecular flexibility index (Phi) is 4.98. The van der Waals surface area contributed by atoms with Crippen LogP contribution in [0.3, 0.4) is 0 Å². The van der Waals surface area contributed by atoms with Crippen molar-refractivity contribution in [3.8, 4) is 11.3 Å². The fourth-order valence-electron chi connectivity index (χ4n) is 4.09. The van der Waals surface area contributed by atoms with Crippen LogP contribution in [0.2, 0.25) is 0 Å². The Morgan fingerprint density at radius 1 is 0.969 bits per heavy atom. The predicted molar refractivity (Wildman–Crippen MR) is 126 cm³/mol. The Balaban J connectivity index is 1.44. The summed E-state index contributed by atoms with van der Waals surface area (Å²) in [6.45, 7) is 4.54. The highest BCUT2D eigenvalue weighted by Crippen LogP contribution is 2.26. The summed E-state index contributed by atoms with van der Waals surface area (Å²) in [6.07, 6.45) is 4.26. The van der Waals surface area contributed by atoms with Crippen molar-refractivity contribution in [3.63, 3.8) is 0 Å². The summed E-state index contributed by atoms with van der Waals surface area (Å²) in [6, 6.07) is 18.3. The van der Waals surface area contributed by atoms with E-state index >= 15 is 0 Å². The second-order valence-electron chi connectivity index (χ2n) is 8.32. The van der Waals surface area contributed by atoms with Gasteiger partial charge in [-0.2, -0.15) is 5.10 Å². The molecule has 6 heteroatoms. The lowest BCUT2D eigenvalue weighted by atomic mass is 10.1. The van der Waals surface area contributed by atoms with Crippen molar-refractivity contribution < 1.29 is 4.79 Å². The third-order valence-corrected chi connectivity index (χ3v) is 5.73. The van der Waals surface area contributed by atoms with Crippen LogP contribution in [0.4, 0.5) is 0 Å². The van der Waals surface area contributed by atoms with Gasteiger partial charge in [-0.3, -0.25) is 9.48 Å². The Morgan fingerprint density at radius 3 is 2.56 bits per heavy atom. The Morgan fingerprint density at radius 2 is 1.75 bits per heavy atom. The molecule has 1 amide bonds. The molecular weight excluding hydrogens is 398 g/mol. The second kappa shape index (κ2) is 7.96. The lowest BCUT2D eigenvalue weighted by molar-refractivity contribution is -0.120. The first-order valence-electron chi connectivity index (χ1n) is 10.7. The Labute approximate surface area is 186 Å². The van der Waals surface area contributed by atoms with Gasteiger partial charge in [0.05, 0.1) is 23.3 Å². The van der Waals surface area contributed by atoms with Gasteiger partial charge in [0.1, 0.15) is 5.65 Å². The van der Waals surface area contributed by atoms with Crippen molar-refractivity contribution in [3.05, 3.63) is 89.4 Å². The Bertz CT molecular complexity index is 1440. The molecular formula is C26H25N5O. The van der Waals surface area contributed by atoms with Crippen LogP contribution < -0.4 is 5.32 Å². The van der Waals surface area contributed by atoms with Crippen molar-refractivity contribution in [1.82, 2.24) is 24.5 Å². The molecule has 3 heterocycles. The van der Waals surface area contributed by atoms with Gasteiger partial charge in [0.15, 0.2) is 0 Å². The molecule has 0 unspecified atom stereocenters. The molecule has 1 N–H and O–H groups in total. The number of nitrogens with zero attached hydrogens (tertiary/aromatic N) is 4. The van der Waals surface area contributed by atoms with E-state index in [1.165, 1.54) is 5.56 Å². The average molecular weight is 424 g/mol. The topological polar surface area (TPSA) is 64.2 Å². The number of amides is 1. The maximum absolute atomic E-state index is 13.0. The van der Waals surface area contributed by atoms with Crippen molar-refractivity contribution in [2.24, 2.45) is 7.05 Å². The van der Waals surface area contributed by atoms with Gasteiger partial charge < -0.3 is 9.72 Å². The molecule has 6 nitrogen and oxygen atoms in total. The van der Waals surface area contributed by atoms with Crippen LogP contribution >= 0.6 is 0 Å². The van der Waals surface area contributed by atoms with Crippen LogP contribution in [0.5, 0.6) is 0 Å². The van der Waals surface area contributed by atoms with Gasteiger partial charge >= 0.3 is 0 Å². The molecule has 3 aromatic heterocycles. The van der Waals surface area contributed by atoms with Gasteiger partial charge in [0.25, 0.3) is 0 Å². The first-order chi connectivity index (χ1) is 15.5. The van der Waals surface area contributed by atoms with Crippen LogP contribution in [0, 0.1) is 13.8 Å². The number of nitrogens with one attached hydrogen (secondary N) is 1. The third kappa shape index (κ3) is 3.75. The van der Waals surface area contributed by atoms with Crippen LogP contribution in [-0.4, -0.2) is 25.1 Å². The summed E-state index contributed by atoms with van der Waals surface area (Å²) < 4.78 is 3.83. The zero-order chi connectivity index (χ0) is 22.2. The molecule has 5 aromatic rings. The summed E-state index contributed by atoms with van der Waals surface area (Å²) in [5, 5.41) is 8.67. The van der Waals surface area contributed by atoms with E-state index in [1.807, 2.05) is 61.1 Å². The third-order valence-electron chi connectivity index (χ3n) is 5.73. The molecule has 5 rings (SSSR count). The monoisotopic (exact) mass is 423 g/mol. The minimum Gasteiger partial charge on any atom is -0.352 e. The van der Waals surface area contributed by atoms with E-state index in [0.717, 1.165) is 44.6 Å². The van der Waals surface area contributed by atoms with Crippen LogP contribution in [0.25, 0.3) is 27.8 Å². The van der Waals surface area contributed by atoms with Gasteiger partial charge in [0.2, 0.25) is 5.91 Å². The van der Waals surface area contributed by atoms with Crippen molar-refractivity contribution in [2.45, 2.75) is 26.8 Å². The van der Waals surface area contributed by atoms with E-state index in [4.69, 9.17) is 4.98 Å². The lowest BCUT2D eigenvalue weighted by Crippen LogP contribution is -2.25. The van der Waals surface area contributed by atoms with E-state index < -0.39 is 0 Å². The molecule has 0 fully saturated rings. The molecule has 0 aliphatic heterocycles. The SMILES string of the molecule is Cc1ccc(-c2nc3ccc(C)cn3c2CC(=O)NCc2cccc3cn(C)nc23)cc1. The maximum Gasteiger partial charge on any atom is 0.226 e. The van der Waals surface area contributed by atoms with Crippen LogP contribution in [0.1, 0.15) is 22.4 Å². The largest absolute Gasteiger partial charge is 0.352 e. The summed E-state index contributed by atoms with van der Waals surface area (Å²) in [5.41, 5.74) is 7.82. The van der Waals surface area contributed by atoms with Gasteiger partial charge in [0, 0.05) is 36.9 Å². The van der Waals surface area contributed by atoms with Crippen molar-refractivity contribution in [1.29, 1.82) is 0 Å². The van der Waals surface area contributed by atoms with Gasteiger partial charge in [-0.05, 0) is 31.0 Å². The lowest BCUT2D eigenvalue weighted by Gasteiger charge is -2.09. The van der Waals surface area contributed by atoms with Crippen molar-refractivity contribution >= 4 is 22.5 Å². The minimum atomic E-state index is -0.0467. The number of imidazole rings is 1. The van der Waals surface area contributed by atoms with Gasteiger partial charge in [-0.25, -0.2) is 4.98 Å². The smallest absolute Gasteiger partial charge is 0.226 e. The van der Waals surface area contributed by atoms with E-state index in [2.05, 4.69) is 41.6 Å². The number of carbonyl (C=O) groups excluding carboxylic acids is 1. The van der Waals surface area contributed by atoms with E-state index in [1.54, 1.807) is 4.68 Å². The molecule has 0 bridgehead atoms. The minimum absolute atomic E-state index is 0.0467. The molecule has 0 aliphatic rings. The highest BCUT2D eigenvalue weighted by molar-refractivity contribution is 5.84. The second-order valence-corrected chi connectivity index (χ2v) is 8.32. The first-order valence-corrected chi connectivity index (χ1v) is 10.7. The number of benzene rings is 2. The predicted octanol–water partition coefficient (Wildman–Crippen LogP) is 4.36. The average Bonchev–Trinajstić information content (AvgIpc) is 3.33. The number of hydrogen-bond acceptors (Lipinski definition) is 3. The van der Waals surface area contributed by atoms with E-state index in [-0.39, 0.29) is 12.3 Å². The number of rotatable bonds is 5. The van der Waals surface area contributed by atoms with E-state index in [9.17, 15) is 4.79 Å². The molecule has 0 saturated heterocycles. The Hall–Kier alpha value is -3.93. The quantitative estimate of drug-likeness (QED) is 0.457. The summed E-state index contributed by atoms with van der Waals surface area (Å²) in [4.78, 5) is 17.9. The standard InChI is InChI=1S/C26H25N5O/c1-17-7-10-19(11-8-17)26-22(31-15-18(2)9-12-23(31)28-26)13-24(32)27-14-20-5-4-6-21-16-30(3)29-25(20)21/h4-12,15-16H,13-14H2,1-3H3,(H,27,32). The fraction of sp³-hybridized carbons (Fsp3) is 0.192. The molecule has 0 saturated carbocycles. The number of aryl methyl sites for hydroxylation is 3. The molecule has 160 valence electrons. The number of fused-ring (bicyclic) bond motifs is 2. The highest BCUT2D eigenvalue weighted by atomic mass is 16.1. The molecule has 0 radical (unpaired) electrons. The number of aromatic nitrogens is 4. The number of pyridine rings is 1. The van der Waals surface area contributed by atoms with E-state index in [0.29, 0.717) is 6.54 Å². The van der Waals surface area contributed by atoms with Crippen LogP contribution in [0.15, 0.2) is 67.0 Å². The van der Waals surface area contributed by atoms with Crippen LogP contribution in [-0.2, 0) is 24.8 Å². The molecule has 0 aliphatic carbocycles. The molecule has 0 spiro atoms. The summed E-state index contributed by atoms with van der Waals surface area (Å²) in [5.74, 6) is -0.0467. The molecule has 2 aromatic carbocycles. The summed E-state index contributed by atoms with van der Waals surface area (Å²) in [7, 11) is 1.90. The zero-order valence-electron chi connectivity index (χ0n) is 18.5. The fourth-order valence-corrected chi connectivity index (χ4v) is 4.09. The molecule has 32 heavy (non-hydrogen) atoms. The number of carbonyl (C=O) groups is 1. The highest BCUT2D eigenvalue weighted by Gasteiger charge is 2.17. The normalized spacial score (nSPS) is 11.3. The molecule has 0 atom stereocenters. The zero-order valence-corrected chi connectivity index (χ0v) is 18.5. The maximum atomic E-state index is 13.0. The van der Waals surface area contributed by atoms with Gasteiger partial charge in [-0.15, -0.1) is 0 Å². The van der Waals surface area contributed by atoms with Crippen molar-refractivity contribution in [2.75, 3.05) is 0 Å². The van der Waals surface area contributed by atoms with Gasteiger partial charge in [-0.1, -0.05) is 54.1 Å². The number of hydrogen-bond donors (Lipinski definition) is 1. The first kappa shape index (κ1) is 20.0.